The van der Waals surface area contributed by atoms with Crippen molar-refractivity contribution in [2.75, 3.05) is 11.9 Å². The predicted molar refractivity (Wildman–Crippen MR) is 139 cm³/mol. The van der Waals surface area contributed by atoms with Gasteiger partial charge in [0.15, 0.2) is 0 Å². The van der Waals surface area contributed by atoms with Crippen molar-refractivity contribution in [2.24, 2.45) is 0 Å². The molecule has 0 unspecified atom stereocenters. The standard InChI is InChI=1S/C26H28Cl2N2O3S/c1-4-19-8-6-9-20(5-2)26(19)29-25(31)17-30(16-22-23(27)10-7-11-24(22)28)34(32,33)21-14-12-18(3)13-15-21/h6-15H,4-5,16-17H2,1-3H3,(H,29,31). The number of carbonyl (C=O) groups is 1. The van der Waals surface area contributed by atoms with E-state index in [9.17, 15) is 13.2 Å². The largest absolute Gasteiger partial charge is 0.324 e. The number of nitrogens with zero attached hydrogens (tertiary/aromatic N) is 1. The van der Waals surface area contributed by atoms with E-state index in [0.717, 1.165) is 39.5 Å². The molecule has 0 atom stereocenters. The molecule has 3 aromatic rings. The highest BCUT2D eigenvalue weighted by atomic mass is 35.5. The van der Waals surface area contributed by atoms with Crippen LogP contribution >= 0.6 is 23.2 Å². The lowest BCUT2D eigenvalue weighted by Crippen LogP contribution is -2.38. The van der Waals surface area contributed by atoms with E-state index in [1.165, 1.54) is 12.1 Å². The van der Waals surface area contributed by atoms with Crippen LogP contribution in [0.15, 0.2) is 65.6 Å². The van der Waals surface area contributed by atoms with Gasteiger partial charge in [0.2, 0.25) is 15.9 Å². The average molecular weight is 519 g/mol. The highest BCUT2D eigenvalue weighted by molar-refractivity contribution is 7.89. The molecule has 180 valence electrons. The van der Waals surface area contributed by atoms with Gasteiger partial charge in [0.1, 0.15) is 0 Å². The first-order valence-corrected chi connectivity index (χ1v) is 13.3. The van der Waals surface area contributed by atoms with Crippen LogP contribution in [0.4, 0.5) is 5.69 Å². The number of benzene rings is 3. The van der Waals surface area contributed by atoms with Gasteiger partial charge >= 0.3 is 0 Å². The third-order valence-corrected chi connectivity index (χ3v) is 8.15. The van der Waals surface area contributed by atoms with E-state index < -0.39 is 15.9 Å². The number of anilines is 1. The third-order valence-electron chi connectivity index (χ3n) is 5.64. The van der Waals surface area contributed by atoms with Crippen LogP contribution in [0.25, 0.3) is 0 Å². The molecule has 3 aromatic carbocycles. The molecule has 5 nitrogen and oxygen atoms in total. The number of carbonyl (C=O) groups excluding carboxylic acids is 1. The minimum atomic E-state index is -4.01. The number of aryl methyl sites for hydroxylation is 3. The highest BCUT2D eigenvalue weighted by Crippen LogP contribution is 2.29. The maximum absolute atomic E-state index is 13.6. The molecule has 0 aliphatic carbocycles. The summed E-state index contributed by atoms with van der Waals surface area (Å²) in [5, 5.41) is 3.62. The summed E-state index contributed by atoms with van der Waals surface area (Å²) in [5.41, 5.74) is 4.10. The quantitative estimate of drug-likeness (QED) is 0.363. The molecule has 8 heteroatoms. The number of hydrogen-bond acceptors (Lipinski definition) is 3. The zero-order valence-electron chi connectivity index (χ0n) is 19.4. The van der Waals surface area contributed by atoms with Gasteiger partial charge in [-0.3, -0.25) is 4.79 Å². The van der Waals surface area contributed by atoms with Crippen molar-refractivity contribution in [3.8, 4) is 0 Å². The van der Waals surface area contributed by atoms with Crippen LogP contribution in [0.5, 0.6) is 0 Å². The van der Waals surface area contributed by atoms with Crippen molar-refractivity contribution < 1.29 is 13.2 Å². The maximum Gasteiger partial charge on any atom is 0.243 e. The summed E-state index contributed by atoms with van der Waals surface area (Å²) in [5.74, 6) is -0.436. The molecule has 1 N–H and O–H groups in total. The fourth-order valence-electron chi connectivity index (χ4n) is 3.69. The van der Waals surface area contributed by atoms with E-state index in [1.807, 2.05) is 39.0 Å². The summed E-state index contributed by atoms with van der Waals surface area (Å²) >= 11 is 12.7. The van der Waals surface area contributed by atoms with Crippen molar-refractivity contribution in [3.05, 3.63) is 93.0 Å². The van der Waals surface area contributed by atoms with Crippen LogP contribution < -0.4 is 5.32 Å². The SMILES string of the molecule is CCc1cccc(CC)c1NC(=O)CN(Cc1c(Cl)cccc1Cl)S(=O)(=O)c1ccc(C)cc1. The van der Waals surface area contributed by atoms with Gasteiger partial charge in [-0.1, -0.05) is 79.0 Å². The second-order valence-corrected chi connectivity index (χ2v) is 10.7. The highest BCUT2D eigenvalue weighted by Gasteiger charge is 2.28. The van der Waals surface area contributed by atoms with Crippen LogP contribution in [0.3, 0.4) is 0 Å². The van der Waals surface area contributed by atoms with Gasteiger partial charge in [0.05, 0.1) is 11.4 Å². The van der Waals surface area contributed by atoms with Crippen molar-refractivity contribution >= 4 is 44.8 Å². The van der Waals surface area contributed by atoms with Crippen LogP contribution in [0.1, 0.15) is 36.1 Å². The summed E-state index contributed by atoms with van der Waals surface area (Å²) in [7, 11) is -4.01. The number of sulfonamides is 1. The summed E-state index contributed by atoms with van der Waals surface area (Å²) in [6, 6.07) is 17.4. The van der Waals surface area contributed by atoms with Crippen molar-refractivity contribution in [3.63, 3.8) is 0 Å². The van der Waals surface area contributed by atoms with E-state index in [-0.39, 0.29) is 18.0 Å². The lowest BCUT2D eigenvalue weighted by Gasteiger charge is -2.24. The Balaban J connectivity index is 1.97. The summed E-state index contributed by atoms with van der Waals surface area (Å²) in [6.07, 6.45) is 1.48. The molecule has 0 aromatic heterocycles. The van der Waals surface area contributed by atoms with Crippen LogP contribution in [0.2, 0.25) is 10.0 Å². The van der Waals surface area contributed by atoms with Crippen LogP contribution in [-0.4, -0.2) is 25.2 Å². The Labute approximate surface area is 211 Å². The zero-order valence-corrected chi connectivity index (χ0v) is 21.8. The smallest absolute Gasteiger partial charge is 0.243 e. The van der Waals surface area contributed by atoms with Crippen molar-refractivity contribution in [2.45, 2.75) is 45.1 Å². The van der Waals surface area contributed by atoms with E-state index >= 15 is 0 Å². The Morgan fingerprint density at radius 3 is 1.94 bits per heavy atom. The molecule has 0 radical (unpaired) electrons. The summed E-state index contributed by atoms with van der Waals surface area (Å²) in [6.45, 7) is 5.37. The zero-order chi connectivity index (χ0) is 24.9. The molecule has 0 fully saturated rings. The third kappa shape index (κ3) is 5.99. The first-order valence-electron chi connectivity index (χ1n) is 11.1. The molecule has 0 saturated heterocycles. The fourth-order valence-corrected chi connectivity index (χ4v) is 5.57. The van der Waals surface area contributed by atoms with Gasteiger partial charge in [0.25, 0.3) is 0 Å². The van der Waals surface area contributed by atoms with E-state index in [2.05, 4.69) is 5.32 Å². The molecule has 0 saturated carbocycles. The van der Waals surface area contributed by atoms with E-state index in [1.54, 1.807) is 30.3 Å². The Kier molecular flexibility index (Phi) is 8.77. The summed E-state index contributed by atoms with van der Waals surface area (Å²) in [4.78, 5) is 13.3. The summed E-state index contributed by atoms with van der Waals surface area (Å²) < 4.78 is 28.2. The normalized spacial score (nSPS) is 11.6. The fraction of sp³-hybridized carbons (Fsp3) is 0.269. The predicted octanol–water partition coefficient (Wildman–Crippen LogP) is 6.26. The number of hydrogen-bond donors (Lipinski definition) is 1. The molecule has 0 aliphatic heterocycles. The molecular weight excluding hydrogens is 491 g/mol. The Morgan fingerprint density at radius 2 is 1.41 bits per heavy atom. The van der Waals surface area contributed by atoms with Crippen LogP contribution in [0, 0.1) is 6.92 Å². The van der Waals surface area contributed by atoms with Gasteiger partial charge in [0, 0.05) is 27.8 Å². The monoisotopic (exact) mass is 518 g/mol. The molecule has 0 heterocycles. The average Bonchev–Trinajstić information content (AvgIpc) is 2.81. The van der Waals surface area contributed by atoms with Gasteiger partial charge < -0.3 is 5.32 Å². The first kappa shape index (κ1) is 26.2. The van der Waals surface area contributed by atoms with Gasteiger partial charge in [-0.2, -0.15) is 4.31 Å². The Hall–Kier alpha value is -2.38. The number of amides is 1. The molecule has 34 heavy (non-hydrogen) atoms. The van der Waals surface area contributed by atoms with Gasteiger partial charge in [-0.05, 0) is 55.2 Å². The molecule has 3 rings (SSSR count). The minimum absolute atomic E-state index is 0.0947. The Bertz CT molecular complexity index is 1230. The number of halogens is 2. The maximum atomic E-state index is 13.6. The van der Waals surface area contributed by atoms with Crippen LogP contribution in [-0.2, 0) is 34.2 Å². The van der Waals surface area contributed by atoms with E-state index in [0.29, 0.717) is 15.6 Å². The number of nitrogens with one attached hydrogen (secondary N) is 1. The van der Waals surface area contributed by atoms with E-state index in [4.69, 9.17) is 23.2 Å². The molecule has 0 aliphatic rings. The number of rotatable bonds is 9. The minimum Gasteiger partial charge on any atom is -0.324 e. The van der Waals surface area contributed by atoms with Crippen molar-refractivity contribution in [1.29, 1.82) is 0 Å². The molecule has 0 bridgehead atoms. The lowest BCUT2D eigenvalue weighted by molar-refractivity contribution is -0.116. The second-order valence-electron chi connectivity index (χ2n) is 7.99. The van der Waals surface area contributed by atoms with Gasteiger partial charge in [-0.15, -0.1) is 0 Å². The van der Waals surface area contributed by atoms with Gasteiger partial charge in [-0.25, -0.2) is 8.42 Å². The molecular formula is C26H28Cl2N2O3S. The Morgan fingerprint density at radius 1 is 0.882 bits per heavy atom. The number of para-hydroxylation sites is 1. The first-order chi connectivity index (χ1) is 16.2. The van der Waals surface area contributed by atoms with Crippen molar-refractivity contribution in [1.82, 2.24) is 4.31 Å². The topological polar surface area (TPSA) is 66.5 Å². The molecule has 1 amide bonds. The second kappa shape index (κ2) is 11.4. The molecule has 0 spiro atoms. The lowest BCUT2D eigenvalue weighted by atomic mass is 10.0.